The molecule has 1 unspecified atom stereocenters. The van der Waals surface area contributed by atoms with Crippen molar-refractivity contribution in [3.63, 3.8) is 0 Å². The van der Waals surface area contributed by atoms with Gasteiger partial charge in [-0.2, -0.15) is 0 Å². The normalized spacial score (nSPS) is 23.8. The zero-order valence-electron chi connectivity index (χ0n) is 14.7. The van der Waals surface area contributed by atoms with Crippen LogP contribution in [0.1, 0.15) is 50.7 Å². The van der Waals surface area contributed by atoms with Gasteiger partial charge in [0, 0.05) is 12.6 Å². The van der Waals surface area contributed by atoms with Crippen LogP contribution in [0, 0.1) is 0 Å². The minimum absolute atomic E-state index is 0.0427. The molecule has 3 aliphatic heterocycles. The summed E-state index contributed by atoms with van der Waals surface area (Å²) >= 11 is 0. The maximum atomic E-state index is 13.4. The van der Waals surface area contributed by atoms with E-state index < -0.39 is 6.04 Å². The van der Waals surface area contributed by atoms with Gasteiger partial charge in [-0.15, -0.1) is 0 Å². The fourth-order valence-electron chi connectivity index (χ4n) is 4.42. The predicted octanol–water partition coefficient (Wildman–Crippen LogP) is 3.08. The van der Waals surface area contributed by atoms with Gasteiger partial charge in [-0.3, -0.25) is 19.3 Å². The van der Waals surface area contributed by atoms with Crippen molar-refractivity contribution in [1.82, 2.24) is 9.80 Å². The SMILES string of the molecule is O=C1[C@H](N2C(=O)c3ccccc3C2=O)Cc2ccccc2C2CCC=CN12. The molecule has 3 heterocycles. The molecule has 5 nitrogen and oxygen atoms in total. The highest BCUT2D eigenvalue weighted by atomic mass is 16.2. The van der Waals surface area contributed by atoms with E-state index in [4.69, 9.17) is 0 Å². The molecule has 0 spiro atoms. The van der Waals surface area contributed by atoms with E-state index in [0.29, 0.717) is 17.5 Å². The maximum absolute atomic E-state index is 13.4. The Bertz CT molecular complexity index is 975. The molecular formula is C22H18N2O3. The van der Waals surface area contributed by atoms with E-state index in [2.05, 4.69) is 0 Å². The third-order valence-corrected chi connectivity index (χ3v) is 5.71. The van der Waals surface area contributed by atoms with Crippen molar-refractivity contribution in [1.29, 1.82) is 0 Å². The minimum atomic E-state index is -0.828. The molecule has 2 aromatic carbocycles. The van der Waals surface area contributed by atoms with E-state index in [-0.39, 0.29) is 23.8 Å². The Hall–Kier alpha value is -3.21. The summed E-state index contributed by atoms with van der Waals surface area (Å²) in [7, 11) is 0. The molecule has 3 amide bonds. The molecule has 0 bridgehead atoms. The molecule has 0 saturated heterocycles. The van der Waals surface area contributed by atoms with Crippen LogP contribution in [0.5, 0.6) is 0 Å². The summed E-state index contributed by atoms with van der Waals surface area (Å²) in [6.45, 7) is 0. The molecule has 3 aliphatic rings. The lowest BCUT2D eigenvalue weighted by Crippen LogP contribution is -2.50. The van der Waals surface area contributed by atoms with Crippen LogP contribution in [-0.2, 0) is 11.2 Å². The number of allylic oxidation sites excluding steroid dienone is 1. The summed E-state index contributed by atoms with van der Waals surface area (Å²) in [5, 5.41) is 0. The Balaban J connectivity index is 1.62. The number of nitrogens with zero attached hydrogens (tertiary/aromatic N) is 2. The number of imide groups is 1. The standard InChI is InChI=1S/C22H18N2O3/c25-20-16-9-3-4-10-17(16)21(26)24(20)19-13-14-7-1-2-8-15(14)18-11-5-6-12-23(18)22(19)27/h1-4,6-10,12,18-19H,5,11,13H2/t18?,19-/m1/s1. The smallest absolute Gasteiger partial charge is 0.262 e. The minimum Gasteiger partial charge on any atom is -0.310 e. The van der Waals surface area contributed by atoms with Crippen molar-refractivity contribution in [2.75, 3.05) is 0 Å². The zero-order valence-corrected chi connectivity index (χ0v) is 14.7. The Morgan fingerprint density at radius 3 is 2.22 bits per heavy atom. The largest absolute Gasteiger partial charge is 0.310 e. The average molecular weight is 358 g/mol. The highest BCUT2D eigenvalue weighted by Crippen LogP contribution is 2.38. The highest BCUT2D eigenvalue weighted by Gasteiger charge is 2.46. The first-order valence-electron chi connectivity index (χ1n) is 9.20. The van der Waals surface area contributed by atoms with Gasteiger partial charge in [-0.05, 0) is 36.1 Å². The number of rotatable bonds is 1. The number of amides is 3. The van der Waals surface area contributed by atoms with Crippen molar-refractivity contribution >= 4 is 17.7 Å². The first-order chi connectivity index (χ1) is 13.2. The van der Waals surface area contributed by atoms with Gasteiger partial charge < -0.3 is 4.90 Å². The molecule has 0 aliphatic carbocycles. The summed E-state index contributed by atoms with van der Waals surface area (Å²) in [5.41, 5.74) is 2.88. The summed E-state index contributed by atoms with van der Waals surface area (Å²) in [6.07, 6.45) is 5.88. The second-order valence-electron chi connectivity index (χ2n) is 7.17. The van der Waals surface area contributed by atoms with E-state index in [0.717, 1.165) is 28.9 Å². The third kappa shape index (κ3) is 2.28. The lowest BCUT2D eigenvalue weighted by Gasteiger charge is -2.33. The van der Waals surface area contributed by atoms with E-state index in [1.54, 1.807) is 29.2 Å². The molecule has 5 heteroatoms. The first kappa shape index (κ1) is 16.0. The van der Waals surface area contributed by atoms with Crippen LogP contribution >= 0.6 is 0 Å². The first-order valence-corrected chi connectivity index (χ1v) is 9.20. The Morgan fingerprint density at radius 2 is 1.48 bits per heavy atom. The molecule has 134 valence electrons. The van der Waals surface area contributed by atoms with Crippen molar-refractivity contribution in [3.05, 3.63) is 83.1 Å². The average Bonchev–Trinajstić information content (AvgIpc) is 2.89. The van der Waals surface area contributed by atoms with E-state index in [1.165, 1.54) is 0 Å². The van der Waals surface area contributed by atoms with Gasteiger partial charge in [-0.1, -0.05) is 42.5 Å². The van der Waals surface area contributed by atoms with Gasteiger partial charge in [0.05, 0.1) is 17.2 Å². The van der Waals surface area contributed by atoms with Gasteiger partial charge in [-0.25, -0.2) is 0 Å². The van der Waals surface area contributed by atoms with Gasteiger partial charge in [0.1, 0.15) is 6.04 Å². The van der Waals surface area contributed by atoms with Crippen molar-refractivity contribution in [2.45, 2.75) is 31.3 Å². The van der Waals surface area contributed by atoms with Crippen LogP contribution < -0.4 is 0 Å². The number of hydrogen-bond acceptors (Lipinski definition) is 3. The summed E-state index contributed by atoms with van der Waals surface area (Å²) < 4.78 is 0. The van der Waals surface area contributed by atoms with Gasteiger partial charge in [0.25, 0.3) is 17.7 Å². The number of carbonyl (C=O) groups is 3. The molecule has 0 fully saturated rings. The van der Waals surface area contributed by atoms with Crippen LogP contribution in [0.15, 0.2) is 60.8 Å². The lowest BCUT2D eigenvalue weighted by molar-refractivity contribution is -0.134. The molecule has 5 rings (SSSR count). The van der Waals surface area contributed by atoms with Crippen molar-refractivity contribution < 1.29 is 14.4 Å². The maximum Gasteiger partial charge on any atom is 0.262 e. The van der Waals surface area contributed by atoms with Crippen LogP contribution in [0.25, 0.3) is 0 Å². The second-order valence-corrected chi connectivity index (χ2v) is 7.17. The van der Waals surface area contributed by atoms with E-state index in [1.807, 2.05) is 36.5 Å². The summed E-state index contributed by atoms with van der Waals surface area (Å²) in [4.78, 5) is 42.2. The molecule has 27 heavy (non-hydrogen) atoms. The molecular weight excluding hydrogens is 340 g/mol. The Labute approximate surface area is 156 Å². The van der Waals surface area contributed by atoms with Crippen molar-refractivity contribution in [3.8, 4) is 0 Å². The number of fused-ring (bicyclic) bond motifs is 4. The topological polar surface area (TPSA) is 57.7 Å². The van der Waals surface area contributed by atoms with Crippen molar-refractivity contribution in [2.24, 2.45) is 0 Å². The Kier molecular flexibility index (Phi) is 3.50. The fourth-order valence-corrected chi connectivity index (χ4v) is 4.42. The summed E-state index contributed by atoms with van der Waals surface area (Å²) in [5.74, 6) is -0.960. The fraction of sp³-hybridized carbons (Fsp3) is 0.227. The Morgan fingerprint density at radius 1 is 0.815 bits per heavy atom. The molecule has 0 radical (unpaired) electrons. The molecule has 2 aromatic rings. The molecule has 0 N–H and O–H groups in total. The van der Waals surface area contributed by atoms with Gasteiger partial charge in [0.15, 0.2) is 0 Å². The number of benzene rings is 2. The van der Waals surface area contributed by atoms with Crippen LogP contribution in [0.3, 0.4) is 0 Å². The van der Waals surface area contributed by atoms with E-state index in [9.17, 15) is 14.4 Å². The van der Waals surface area contributed by atoms with Gasteiger partial charge in [0.2, 0.25) is 0 Å². The zero-order chi connectivity index (χ0) is 18.5. The van der Waals surface area contributed by atoms with Gasteiger partial charge >= 0.3 is 0 Å². The molecule has 0 saturated carbocycles. The lowest BCUT2D eigenvalue weighted by atomic mass is 9.94. The monoisotopic (exact) mass is 358 g/mol. The predicted molar refractivity (Wildman–Crippen MR) is 98.8 cm³/mol. The number of hydrogen-bond donors (Lipinski definition) is 0. The van der Waals surface area contributed by atoms with Crippen LogP contribution in [0.2, 0.25) is 0 Å². The number of carbonyl (C=O) groups excluding carboxylic acids is 3. The summed E-state index contributed by atoms with van der Waals surface area (Å²) in [6, 6.07) is 13.9. The molecule has 0 aromatic heterocycles. The second kappa shape index (κ2) is 5.91. The molecule has 2 atom stereocenters. The van der Waals surface area contributed by atoms with Crippen LogP contribution in [-0.4, -0.2) is 33.6 Å². The van der Waals surface area contributed by atoms with Crippen LogP contribution in [0.4, 0.5) is 0 Å². The quantitative estimate of drug-likeness (QED) is 0.736. The highest BCUT2D eigenvalue weighted by molar-refractivity contribution is 6.22. The van der Waals surface area contributed by atoms with E-state index >= 15 is 0 Å². The third-order valence-electron chi connectivity index (χ3n) is 5.71.